The van der Waals surface area contributed by atoms with E-state index in [1.807, 2.05) is 12.1 Å². The van der Waals surface area contributed by atoms with E-state index in [-0.39, 0.29) is 58.3 Å². The second kappa shape index (κ2) is 6.82. The van der Waals surface area contributed by atoms with E-state index < -0.39 is 19.6 Å². The number of carbonyl (C=O) groups is 1. The Bertz CT molecular complexity index is 1190. The predicted molar refractivity (Wildman–Crippen MR) is 109 cm³/mol. The Morgan fingerprint density at radius 3 is 2.45 bits per heavy atom. The number of rotatable bonds is 0. The third-order valence-corrected chi connectivity index (χ3v) is 9.79. The topological polar surface area (TPSA) is 66.8 Å². The van der Waals surface area contributed by atoms with Gasteiger partial charge >= 0.3 is 5.97 Å². The number of aromatic hydroxyl groups is 2. The average molecular weight is 548 g/mol. The fourth-order valence-electron chi connectivity index (χ4n) is 4.63. The number of benzene rings is 3. The van der Waals surface area contributed by atoms with Gasteiger partial charge in [-0.05, 0) is 17.7 Å². The van der Waals surface area contributed by atoms with Crippen LogP contribution >= 0.6 is 11.6 Å². The smallest absolute Gasteiger partial charge is 0.339 e. The van der Waals surface area contributed by atoms with E-state index in [4.69, 9.17) is 16.3 Å². The summed E-state index contributed by atoms with van der Waals surface area (Å²) in [5, 5.41) is 22.3. The van der Waals surface area contributed by atoms with Gasteiger partial charge < -0.3 is 14.9 Å². The average Bonchev–Trinajstić information content (AvgIpc) is 2.96. The molecule has 145 valence electrons. The number of fused-ring (bicyclic) bond motifs is 6. The van der Waals surface area contributed by atoms with Crippen molar-refractivity contribution in [3.8, 4) is 11.5 Å². The molecule has 0 amide bonds. The summed E-state index contributed by atoms with van der Waals surface area (Å²) in [6, 6.07) is 17.1. The van der Waals surface area contributed by atoms with Gasteiger partial charge in [-0.25, -0.2) is 4.79 Å². The van der Waals surface area contributed by atoms with Gasteiger partial charge in [0.1, 0.15) is 11.4 Å². The van der Waals surface area contributed by atoms with Crippen LogP contribution in [-0.2, 0) is 10.3 Å². The molecule has 4 nitrogen and oxygen atoms in total. The van der Waals surface area contributed by atoms with Crippen molar-refractivity contribution in [3.05, 3.63) is 81.9 Å². The van der Waals surface area contributed by atoms with Crippen molar-refractivity contribution in [2.75, 3.05) is 0 Å². The molecular weight excluding hydrogens is 532 g/mol. The van der Waals surface area contributed by atoms with E-state index in [0.717, 1.165) is 27.1 Å². The molecule has 1 spiro atoms. The monoisotopic (exact) mass is 547 g/mol. The first-order chi connectivity index (χ1) is 13.3. The summed E-state index contributed by atoms with van der Waals surface area (Å²) in [5.74, 6) is -0.407. The molecule has 2 aliphatic rings. The van der Waals surface area contributed by atoms with Gasteiger partial charge in [-0.3, -0.25) is 5.19 Å². The Labute approximate surface area is 207 Å². The van der Waals surface area contributed by atoms with Crippen molar-refractivity contribution in [3.63, 3.8) is 0 Å². The van der Waals surface area contributed by atoms with Gasteiger partial charge in [-0.15, -0.1) is 19.7 Å². The van der Waals surface area contributed by atoms with Gasteiger partial charge in [0.15, 0.2) is 0 Å². The second-order valence-electron chi connectivity index (χ2n) is 7.69. The van der Waals surface area contributed by atoms with E-state index in [1.165, 1.54) is 6.07 Å². The van der Waals surface area contributed by atoms with Crippen molar-refractivity contribution >= 4 is 36.0 Å². The number of phenols is 2. The molecule has 1 atom stereocenters. The van der Waals surface area contributed by atoms with Crippen LogP contribution < -0.4 is 10.4 Å². The number of esters is 1. The van der Waals surface area contributed by atoms with Crippen LogP contribution in [0, 0.1) is 47.8 Å². The van der Waals surface area contributed by atoms with Crippen LogP contribution in [-0.4, -0.2) is 24.3 Å². The maximum absolute atomic E-state index is 12.8. The molecule has 0 aliphatic carbocycles. The number of carbonyl (C=O) groups excluding carboxylic acids is 1. The molecule has 2 aliphatic heterocycles. The quantitative estimate of drug-likeness (QED) is 0.258. The maximum Gasteiger partial charge on any atom is 0.339 e. The van der Waals surface area contributed by atoms with E-state index in [0.29, 0.717) is 5.56 Å². The van der Waals surface area contributed by atoms with Gasteiger partial charge in [-0.2, -0.15) is 30.4 Å². The number of phenolic OH excluding ortho intramolecular Hbond substituents is 2. The fourth-order valence-corrected chi connectivity index (χ4v) is 8.73. The minimum Gasteiger partial charge on any atom is -0.534 e. The Balaban J connectivity index is 0.00000205. The van der Waals surface area contributed by atoms with E-state index in [2.05, 4.69) is 19.2 Å². The van der Waals surface area contributed by atoms with Crippen LogP contribution in [0.3, 0.4) is 0 Å². The molecule has 0 saturated carbocycles. The van der Waals surface area contributed by atoms with Gasteiger partial charge in [-0.1, -0.05) is 35.9 Å². The molecule has 1 unspecified atom stereocenters. The molecule has 0 aromatic heterocycles. The molecular formula is C22H16CeClO4Si-2. The summed E-state index contributed by atoms with van der Waals surface area (Å²) in [5.41, 5.74) is 1.60. The van der Waals surface area contributed by atoms with Crippen molar-refractivity contribution in [2.24, 2.45) is 0 Å². The van der Waals surface area contributed by atoms with Gasteiger partial charge in [0.25, 0.3) is 0 Å². The van der Waals surface area contributed by atoms with Crippen LogP contribution in [0.2, 0.25) is 18.1 Å². The molecule has 0 radical (unpaired) electrons. The minimum absolute atomic E-state index is 0. The summed E-state index contributed by atoms with van der Waals surface area (Å²) in [4.78, 5) is 12.8. The van der Waals surface area contributed by atoms with Crippen molar-refractivity contribution in [2.45, 2.75) is 18.7 Å². The third-order valence-electron chi connectivity index (χ3n) is 5.83. The van der Waals surface area contributed by atoms with Crippen LogP contribution in [0.25, 0.3) is 0 Å². The summed E-state index contributed by atoms with van der Waals surface area (Å²) >= 11 is 6.59. The Kier molecular flexibility index (Phi) is 4.90. The van der Waals surface area contributed by atoms with Gasteiger partial charge in [0.05, 0.1) is 10.6 Å². The first-order valence-corrected chi connectivity index (χ1v) is 12.3. The van der Waals surface area contributed by atoms with Crippen LogP contribution in [0.15, 0.2) is 48.5 Å². The van der Waals surface area contributed by atoms with Crippen LogP contribution in [0.4, 0.5) is 0 Å². The summed E-state index contributed by atoms with van der Waals surface area (Å²) in [7, 11) is -2.47. The number of hydrogen-bond donors (Lipinski definition) is 2. The molecule has 3 aromatic rings. The summed E-state index contributed by atoms with van der Waals surface area (Å²) < 4.78 is 6.08. The Morgan fingerprint density at radius 2 is 1.69 bits per heavy atom. The number of ether oxygens (including phenoxy) is 1. The molecule has 2 N–H and O–H groups in total. The van der Waals surface area contributed by atoms with Crippen molar-refractivity contribution in [1.29, 1.82) is 0 Å². The first kappa shape index (κ1) is 20.9. The maximum atomic E-state index is 12.8. The van der Waals surface area contributed by atoms with Crippen LogP contribution in [0.5, 0.6) is 11.5 Å². The molecule has 0 bridgehead atoms. The molecule has 0 fully saturated rings. The zero-order valence-electron chi connectivity index (χ0n) is 15.7. The van der Waals surface area contributed by atoms with E-state index in [1.54, 1.807) is 30.3 Å². The zero-order chi connectivity index (χ0) is 19.8. The molecule has 2 heterocycles. The standard InChI is InChI=1S/C22H16ClO4Si.Ce/c1-28(2)18-11-12(24)7-8-15(18)22(16-9-10-17(25)19(23)20(16)28)14-6-4-3-5-13(14)21(26)27-22;/h3-10,24-25H,1-2H3;/q-2;. The third kappa shape index (κ3) is 2.61. The number of hydrogen-bond acceptors (Lipinski definition) is 4. The van der Waals surface area contributed by atoms with Gasteiger partial charge in [0.2, 0.25) is 0 Å². The largest absolute Gasteiger partial charge is 0.534 e. The first-order valence-electron chi connectivity index (χ1n) is 8.90. The number of halogens is 1. The van der Waals surface area contributed by atoms with Crippen LogP contribution in [0.1, 0.15) is 27.0 Å². The minimum atomic E-state index is -2.47. The normalized spacial score (nSPS) is 20.3. The fraction of sp³-hybridized carbons (Fsp3) is 0.136. The predicted octanol–water partition coefficient (Wildman–Crippen LogP) is 3.15. The van der Waals surface area contributed by atoms with Gasteiger partial charge in [0, 0.05) is 53.1 Å². The Hall–Kier alpha value is -1.39. The Morgan fingerprint density at radius 1 is 1.00 bits per heavy atom. The van der Waals surface area contributed by atoms with E-state index >= 15 is 0 Å². The SMILES string of the molecule is C[Si-]1(C)c2[c-]c(O)ccc2C2(OC(=O)c3ccccc32)c2ccc(O)c(Cl)c21.[Ce]. The molecule has 7 heteroatoms. The van der Waals surface area contributed by atoms with Crippen molar-refractivity contribution < 1.29 is 61.5 Å². The summed E-state index contributed by atoms with van der Waals surface area (Å²) in [6.07, 6.45) is 0. The molecule has 5 rings (SSSR count). The zero-order valence-corrected chi connectivity index (χ0v) is 20.6. The molecule has 3 aromatic carbocycles. The van der Waals surface area contributed by atoms with Crippen molar-refractivity contribution in [1.82, 2.24) is 0 Å². The molecule has 29 heavy (non-hydrogen) atoms. The summed E-state index contributed by atoms with van der Waals surface area (Å²) in [6.45, 7) is 4.17. The second-order valence-corrected chi connectivity index (χ2v) is 12.3. The van der Waals surface area contributed by atoms with E-state index in [9.17, 15) is 15.0 Å². The molecule has 0 saturated heterocycles.